The van der Waals surface area contributed by atoms with Crippen molar-refractivity contribution < 1.29 is 18.3 Å². The molecule has 0 bridgehead atoms. The van der Waals surface area contributed by atoms with Crippen molar-refractivity contribution in [3.05, 3.63) is 24.3 Å². The summed E-state index contributed by atoms with van der Waals surface area (Å²) in [7, 11) is 0. The molecular weight excluding hydrogens is 304 g/mol. The molecular formula is C16H19F2N3O2. The molecule has 7 heteroatoms. The van der Waals surface area contributed by atoms with Crippen molar-refractivity contribution in [3.8, 4) is 11.8 Å². The van der Waals surface area contributed by atoms with E-state index < -0.39 is 12.2 Å². The molecule has 0 heterocycles. The Kier molecular flexibility index (Phi) is 5.74. The van der Waals surface area contributed by atoms with Crippen LogP contribution in [0.25, 0.3) is 0 Å². The number of hydrogen-bond donors (Lipinski definition) is 2. The molecule has 0 spiro atoms. The van der Waals surface area contributed by atoms with Gasteiger partial charge in [-0.3, -0.25) is 4.79 Å². The number of carbonyl (C=O) groups is 1. The molecule has 23 heavy (non-hydrogen) atoms. The van der Waals surface area contributed by atoms with Crippen LogP contribution in [-0.2, 0) is 4.79 Å². The zero-order chi connectivity index (χ0) is 16.7. The maximum Gasteiger partial charge on any atom is 0.387 e. The summed E-state index contributed by atoms with van der Waals surface area (Å²) in [5.74, 6) is -0.206. The van der Waals surface area contributed by atoms with Crippen molar-refractivity contribution in [1.29, 1.82) is 5.26 Å². The highest BCUT2D eigenvalue weighted by atomic mass is 19.3. The van der Waals surface area contributed by atoms with Crippen LogP contribution in [0, 0.1) is 11.3 Å². The quantitative estimate of drug-likeness (QED) is 0.844. The van der Waals surface area contributed by atoms with Gasteiger partial charge in [0.1, 0.15) is 11.3 Å². The molecule has 5 nitrogen and oxygen atoms in total. The van der Waals surface area contributed by atoms with Crippen LogP contribution in [0.4, 0.5) is 14.5 Å². The highest BCUT2D eigenvalue weighted by Gasteiger charge is 2.33. The minimum absolute atomic E-state index is 0.0124. The normalized spacial score (nSPS) is 16.4. The lowest BCUT2D eigenvalue weighted by Gasteiger charge is -2.31. The molecule has 1 aromatic rings. The van der Waals surface area contributed by atoms with E-state index in [0.717, 1.165) is 19.3 Å². The first-order valence-corrected chi connectivity index (χ1v) is 7.54. The van der Waals surface area contributed by atoms with Crippen LogP contribution in [0.3, 0.4) is 0 Å². The number of alkyl halides is 2. The van der Waals surface area contributed by atoms with E-state index >= 15 is 0 Å². The molecule has 2 rings (SSSR count). The molecule has 124 valence electrons. The van der Waals surface area contributed by atoms with Crippen LogP contribution in [0.15, 0.2) is 24.3 Å². The summed E-state index contributed by atoms with van der Waals surface area (Å²) < 4.78 is 28.3. The van der Waals surface area contributed by atoms with E-state index in [4.69, 9.17) is 0 Å². The van der Waals surface area contributed by atoms with E-state index in [2.05, 4.69) is 21.4 Å². The maximum absolute atomic E-state index is 12.1. The van der Waals surface area contributed by atoms with E-state index in [9.17, 15) is 18.8 Å². The molecule has 2 N–H and O–H groups in total. The predicted molar refractivity (Wildman–Crippen MR) is 81.1 cm³/mol. The Hall–Kier alpha value is -2.36. The summed E-state index contributed by atoms with van der Waals surface area (Å²) in [6.45, 7) is -2.85. The van der Waals surface area contributed by atoms with Crippen molar-refractivity contribution in [3.63, 3.8) is 0 Å². The van der Waals surface area contributed by atoms with Crippen molar-refractivity contribution >= 4 is 11.6 Å². The Bertz CT molecular complexity index is 564. The Labute approximate surface area is 133 Å². The standard InChI is InChI=1S/C16H19F2N3O2/c17-15(18)23-13-6-4-12(5-7-13)20-10-14(22)21-16(11-19)8-2-1-3-9-16/h4-7,15,20H,1-3,8-10H2,(H,21,22). The number of anilines is 1. The van der Waals surface area contributed by atoms with Crippen LogP contribution >= 0.6 is 0 Å². The Morgan fingerprint density at radius 1 is 1.26 bits per heavy atom. The van der Waals surface area contributed by atoms with E-state index in [-0.39, 0.29) is 18.2 Å². The Morgan fingerprint density at radius 3 is 2.48 bits per heavy atom. The van der Waals surface area contributed by atoms with Crippen molar-refractivity contribution in [2.24, 2.45) is 0 Å². The number of amides is 1. The molecule has 1 fully saturated rings. The number of ether oxygens (including phenoxy) is 1. The van der Waals surface area contributed by atoms with E-state index in [1.54, 1.807) is 12.1 Å². The molecule has 0 unspecified atom stereocenters. The smallest absolute Gasteiger partial charge is 0.387 e. The van der Waals surface area contributed by atoms with Crippen molar-refractivity contribution in [2.45, 2.75) is 44.3 Å². The lowest BCUT2D eigenvalue weighted by molar-refractivity contribution is -0.121. The minimum atomic E-state index is -2.86. The molecule has 1 saturated carbocycles. The van der Waals surface area contributed by atoms with Crippen molar-refractivity contribution in [1.82, 2.24) is 5.32 Å². The molecule has 0 aromatic heterocycles. The highest BCUT2D eigenvalue weighted by molar-refractivity contribution is 5.81. The summed E-state index contributed by atoms with van der Waals surface area (Å²) in [6, 6.07) is 8.11. The summed E-state index contributed by atoms with van der Waals surface area (Å²) >= 11 is 0. The number of nitriles is 1. The topological polar surface area (TPSA) is 74.2 Å². The van der Waals surface area contributed by atoms with Gasteiger partial charge in [0.25, 0.3) is 0 Å². The SMILES string of the molecule is N#CC1(NC(=O)CNc2ccc(OC(F)F)cc2)CCCCC1. The molecule has 0 radical (unpaired) electrons. The Balaban J connectivity index is 1.83. The summed E-state index contributed by atoms with van der Waals surface area (Å²) in [5.41, 5.74) is -0.150. The van der Waals surface area contributed by atoms with Gasteiger partial charge in [-0.25, -0.2) is 0 Å². The second kappa shape index (κ2) is 7.77. The number of nitrogens with one attached hydrogen (secondary N) is 2. The number of halogens is 2. The van der Waals surface area contributed by atoms with E-state index in [1.807, 2.05) is 0 Å². The van der Waals surface area contributed by atoms with Gasteiger partial charge in [-0.1, -0.05) is 19.3 Å². The van der Waals surface area contributed by atoms with Gasteiger partial charge in [0.05, 0.1) is 12.6 Å². The second-order valence-electron chi connectivity index (χ2n) is 5.56. The van der Waals surface area contributed by atoms with E-state index in [0.29, 0.717) is 18.5 Å². The maximum atomic E-state index is 12.1. The third-order valence-electron chi connectivity index (χ3n) is 3.83. The lowest BCUT2D eigenvalue weighted by atomic mass is 9.83. The molecule has 1 aliphatic carbocycles. The van der Waals surface area contributed by atoms with Gasteiger partial charge in [0.2, 0.25) is 5.91 Å². The van der Waals surface area contributed by atoms with Crippen LogP contribution < -0.4 is 15.4 Å². The summed E-state index contributed by atoms with van der Waals surface area (Å²) in [5, 5.41) is 15.0. The van der Waals surface area contributed by atoms with Crippen LogP contribution in [-0.4, -0.2) is 24.6 Å². The molecule has 0 aliphatic heterocycles. The fraction of sp³-hybridized carbons (Fsp3) is 0.500. The fourth-order valence-electron chi connectivity index (χ4n) is 2.67. The van der Waals surface area contributed by atoms with Gasteiger partial charge in [0.15, 0.2) is 0 Å². The number of hydrogen-bond acceptors (Lipinski definition) is 4. The third kappa shape index (κ3) is 5.09. The number of rotatable bonds is 6. The molecule has 1 amide bonds. The zero-order valence-electron chi connectivity index (χ0n) is 12.6. The minimum Gasteiger partial charge on any atom is -0.435 e. The number of carbonyl (C=O) groups excluding carboxylic acids is 1. The van der Waals surface area contributed by atoms with Crippen LogP contribution in [0.1, 0.15) is 32.1 Å². The molecule has 1 aliphatic rings. The first kappa shape index (κ1) is 17.0. The summed E-state index contributed by atoms with van der Waals surface area (Å²) in [6.07, 6.45) is 4.31. The van der Waals surface area contributed by atoms with Crippen LogP contribution in [0.5, 0.6) is 5.75 Å². The Morgan fingerprint density at radius 2 is 1.91 bits per heavy atom. The zero-order valence-corrected chi connectivity index (χ0v) is 12.6. The first-order valence-electron chi connectivity index (χ1n) is 7.54. The monoisotopic (exact) mass is 323 g/mol. The van der Waals surface area contributed by atoms with Gasteiger partial charge < -0.3 is 15.4 Å². The van der Waals surface area contributed by atoms with Gasteiger partial charge in [0, 0.05) is 5.69 Å². The first-order chi connectivity index (χ1) is 11.0. The number of benzene rings is 1. The highest BCUT2D eigenvalue weighted by Crippen LogP contribution is 2.27. The number of nitrogens with zero attached hydrogens (tertiary/aromatic N) is 1. The molecule has 1 aromatic carbocycles. The predicted octanol–water partition coefficient (Wildman–Crippen LogP) is 3.04. The average Bonchev–Trinajstić information content (AvgIpc) is 2.54. The van der Waals surface area contributed by atoms with Crippen molar-refractivity contribution in [2.75, 3.05) is 11.9 Å². The average molecular weight is 323 g/mol. The van der Waals surface area contributed by atoms with Crippen LogP contribution in [0.2, 0.25) is 0 Å². The van der Waals surface area contributed by atoms with Gasteiger partial charge in [-0.15, -0.1) is 0 Å². The third-order valence-corrected chi connectivity index (χ3v) is 3.83. The summed E-state index contributed by atoms with van der Waals surface area (Å²) in [4.78, 5) is 12.0. The second-order valence-corrected chi connectivity index (χ2v) is 5.56. The molecule has 0 saturated heterocycles. The molecule has 0 atom stereocenters. The van der Waals surface area contributed by atoms with Gasteiger partial charge in [-0.2, -0.15) is 14.0 Å². The van der Waals surface area contributed by atoms with Gasteiger partial charge >= 0.3 is 6.61 Å². The van der Waals surface area contributed by atoms with E-state index in [1.165, 1.54) is 12.1 Å². The van der Waals surface area contributed by atoms with Gasteiger partial charge in [-0.05, 0) is 37.1 Å². The largest absolute Gasteiger partial charge is 0.435 e. The lowest BCUT2D eigenvalue weighted by Crippen LogP contribution is -2.50. The fourth-order valence-corrected chi connectivity index (χ4v) is 2.67.